The molecule has 2 aromatic carbocycles. The molecule has 0 N–H and O–H groups in total. The zero-order chi connectivity index (χ0) is 24.1. The first-order valence-electron chi connectivity index (χ1n) is 10.4. The molecule has 1 saturated heterocycles. The molecule has 1 heterocycles. The second-order valence-electron chi connectivity index (χ2n) is 7.34. The lowest BCUT2D eigenvalue weighted by Gasteiger charge is -2.34. The van der Waals surface area contributed by atoms with Gasteiger partial charge in [-0.05, 0) is 49.2 Å². The van der Waals surface area contributed by atoms with Crippen molar-refractivity contribution < 1.29 is 35.9 Å². The van der Waals surface area contributed by atoms with Crippen LogP contribution in [-0.2, 0) is 21.2 Å². The molecule has 1 fully saturated rings. The number of benzene rings is 2. The van der Waals surface area contributed by atoms with Gasteiger partial charge in [0.2, 0.25) is 15.9 Å². The average molecular weight is 487 g/mol. The van der Waals surface area contributed by atoms with Crippen LogP contribution in [0.25, 0.3) is 0 Å². The number of hydrogen-bond donors (Lipinski definition) is 0. The third-order valence-electron chi connectivity index (χ3n) is 5.17. The van der Waals surface area contributed by atoms with Crippen LogP contribution in [-0.4, -0.2) is 62.7 Å². The molecule has 3 rings (SSSR count). The van der Waals surface area contributed by atoms with Gasteiger partial charge in [-0.1, -0.05) is 18.2 Å². The predicted octanol–water partition coefficient (Wildman–Crippen LogP) is 3.45. The minimum absolute atomic E-state index is 0.0769. The molecule has 0 spiro atoms. The third-order valence-corrected chi connectivity index (χ3v) is 7.08. The molecule has 0 atom stereocenters. The van der Waals surface area contributed by atoms with E-state index in [1.54, 1.807) is 4.90 Å². The molecular formula is C22H25F3N2O5S. The van der Waals surface area contributed by atoms with Gasteiger partial charge >= 0.3 is 6.36 Å². The first-order chi connectivity index (χ1) is 15.6. The lowest BCUT2D eigenvalue weighted by atomic mass is 10.1. The fraction of sp³-hybridized carbons (Fsp3) is 0.409. The van der Waals surface area contributed by atoms with E-state index in [0.29, 0.717) is 13.0 Å². The van der Waals surface area contributed by atoms with Crippen LogP contribution >= 0.6 is 0 Å². The van der Waals surface area contributed by atoms with Crippen LogP contribution in [0.1, 0.15) is 18.9 Å². The zero-order valence-electron chi connectivity index (χ0n) is 18.0. The molecule has 2 aromatic rings. The number of carbonyl (C=O) groups excluding carboxylic acids is 1. The van der Waals surface area contributed by atoms with Crippen LogP contribution in [0, 0.1) is 0 Å². The summed E-state index contributed by atoms with van der Waals surface area (Å²) in [7, 11) is -3.90. The number of rotatable bonds is 8. The Balaban J connectivity index is 1.55. The number of carbonyl (C=O) groups is 1. The summed E-state index contributed by atoms with van der Waals surface area (Å²) in [5.41, 5.74) is 0.937. The fourth-order valence-electron chi connectivity index (χ4n) is 3.55. The molecule has 11 heteroatoms. The largest absolute Gasteiger partial charge is 0.573 e. The molecule has 1 aliphatic heterocycles. The van der Waals surface area contributed by atoms with E-state index in [4.69, 9.17) is 4.74 Å². The molecule has 180 valence electrons. The molecule has 33 heavy (non-hydrogen) atoms. The Morgan fingerprint density at radius 2 is 1.64 bits per heavy atom. The maximum absolute atomic E-state index is 12.8. The SMILES string of the molecule is CCOc1ccccc1CCC(=O)N1CCN(S(=O)(=O)c2ccc(OC(F)(F)F)cc2)CC1. The monoisotopic (exact) mass is 486 g/mol. The van der Waals surface area contributed by atoms with E-state index in [-0.39, 0.29) is 43.4 Å². The van der Waals surface area contributed by atoms with Gasteiger partial charge in [-0.15, -0.1) is 13.2 Å². The van der Waals surface area contributed by atoms with E-state index in [0.717, 1.165) is 35.6 Å². The van der Waals surface area contributed by atoms with Crippen molar-refractivity contribution in [2.24, 2.45) is 0 Å². The van der Waals surface area contributed by atoms with E-state index >= 15 is 0 Å². The maximum atomic E-state index is 12.8. The highest BCUT2D eigenvalue weighted by molar-refractivity contribution is 7.89. The summed E-state index contributed by atoms with van der Waals surface area (Å²) >= 11 is 0. The van der Waals surface area contributed by atoms with Crippen molar-refractivity contribution in [3.8, 4) is 11.5 Å². The summed E-state index contributed by atoms with van der Waals surface area (Å²) in [6.45, 7) is 3.09. The highest BCUT2D eigenvalue weighted by Gasteiger charge is 2.32. The van der Waals surface area contributed by atoms with Gasteiger partial charge in [0.15, 0.2) is 0 Å². The van der Waals surface area contributed by atoms with Crippen molar-refractivity contribution in [2.45, 2.75) is 31.0 Å². The first-order valence-corrected chi connectivity index (χ1v) is 11.9. The highest BCUT2D eigenvalue weighted by atomic mass is 32.2. The summed E-state index contributed by atoms with van der Waals surface area (Å²) < 4.78 is 73.1. The van der Waals surface area contributed by atoms with E-state index in [1.807, 2.05) is 31.2 Å². The molecule has 1 aliphatic rings. The van der Waals surface area contributed by atoms with Crippen LogP contribution < -0.4 is 9.47 Å². The van der Waals surface area contributed by atoms with Gasteiger partial charge in [0, 0.05) is 32.6 Å². The Labute approximate surface area is 190 Å². The first kappa shape index (κ1) is 24.8. The standard InChI is InChI=1S/C22H25F3N2O5S/c1-2-31-20-6-4-3-5-17(20)7-12-21(28)26-13-15-27(16-14-26)33(29,30)19-10-8-18(9-11-19)32-22(23,24)25/h3-6,8-11H,2,7,12-16H2,1H3. The summed E-state index contributed by atoms with van der Waals surface area (Å²) in [5.74, 6) is 0.171. The van der Waals surface area contributed by atoms with Gasteiger partial charge in [0.1, 0.15) is 11.5 Å². The maximum Gasteiger partial charge on any atom is 0.573 e. The second kappa shape index (κ2) is 10.4. The summed E-state index contributed by atoms with van der Waals surface area (Å²) in [6.07, 6.45) is -4.06. The molecule has 1 amide bonds. The lowest BCUT2D eigenvalue weighted by Crippen LogP contribution is -2.50. The molecule has 0 radical (unpaired) electrons. The number of halogens is 3. The van der Waals surface area contributed by atoms with Gasteiger partial charge in [0.05, 0.1) is 11.5 Å². The van der Waals surface area contributed by atoms with Gasteiger partial charge in [-0.25, -0.2) is 8.42 Å². The Morgan fingerprint density at radius 1 is 1.00 bits per heavy atom. The molecule has 0 aromatic heterocycles. The minimum Gasteiger partial charge on any atom is -0.494 e. The van der Waals surface area contributed by atoms with Crippen LogP contribution in [0.15, 0.2) is 53.4 Å². The van der Waals surface area contributed by atoms with E-state index < -0.39 is 22.1 Å². The van der Waals surface area contributed by atoms with Crippen LogP contribution in [0.3, 0.4) is 0 Å². The zero-order valence-corrected chi connectivity index (χ0v) is 18.9. The van der Waals surface area contributed by atoms with Crippen LogP contribution in [0.4, 0.5) is 13.2 Å². The Bertz CT molecular complexity index is 1050. The molecule has 0 unspecified atom stereocenters. The molecule has 7 nitrogen and oxygen atoms in total. The number of amides is 1. The summed E-state index contributed by atoms with van der Waals surface area (Å²) in [5, 5.41) is 0. The van der Waals surface area contributed by atoms with E-state index in [1.165, 1.54) is 4.31 Å². The van der Waals surface area contributed by atoms with Crippen LogP contribution in [0.2, 0.25) is 0 Å². The quantitative estimate of drug-likeness (QED) is 0.571. The number of piperazine rings is 1. The molecule has 0 aliphatic carbocycles. The van der Waals surface area contributed by atoms with Crippen LogP contribution in [0.5, 0.6) is 11.5 Å². The number of sulfonamides is 1. The lowest BCUT2D eigenvalue weighted by molar-refractivity contribution is -0.274. The predicted molar refractivity (Wildman–Crippen MR) is 114 cm³/mol. The Hall–Kier alpha value is -2.79. The van der Waals surface area contributed by atoms with Crippen molar-refractivity contribution in [3.05, 3.63) is 54.1 Å². The smallest absolute Gasteiger partial charge is 0.494 e. The number of nitrogens with zero attached hydrogens (tertiary/aromatic N) is 2. The van der Waals surface area contributed by atoms with Crippen molar-refractivity contribution in [2.75, 3.05) is 32.8 Å². The van der Waals surface area contributed by atoms with Crippen molar-refractivity contribution in [3.63, 3.8) is 0 Å². The van der Waals surface area contributed by atoms with Gasteiger partial charge < -0.3 is 14.4 Å². The summed E-state index contributed by atoms with van der Waals surface area (Å²) in [4.78, 5) is 14.1. The molecule has 0 bridgehead atoms. The average Bonchev–Trinajstić information content (AvgIpc) is 2.78. The van der Waals surface area contributed by atoms with E-state index in [9.17, 15) is 26.4 Å². The van der Waals surface area contributed by atoms with Crippen molar-refractivity contribution >= 4 is 15.9 Å². The Morgan fingerprint density at radius 3 is 2.24 bits per heavy atom. The van der Waals surface area contributed by atoms with E-state index in [2.05, 4.69) is 4.74 Å². The highest BCUT2D eigenvalue weighted by Crippen LogP contribution is 2.26. The number of alkyl halides is 3. The van der Waals surface area contributed by atoms with Gasteiger partial charge in [0.25, 0.3) is 0 Å². The normalized spacial score (nSPS) is 15.3. The fourth-order valence-corrected chi connectivity index (χ4v) is 4.97. The number of para-hydroxylation sites is 1. The topological polar surface area (TPSA) is 76.2 Å². The number of ether oxygens (including phenoxy) is 2. The summed E-state index contributed by atoms with van der Waals surface area (Å²) in [6, 6.07) is 11.6. The Kier molecular flexibility index (Phi) is 7.85. The minimum atomic E-state index is -4.85. The van der Waals surface area contributed by atoms with Crippen molar-refractivity contribution in [1.82, 2.24) is 9.21 Å². The second-order valence-corrected chi connectivity index (χ2v) is 9.28. The van der Waals surface area contributed by atoms with Gasteiger partial charge in [-0.2, -0.15) is 4.31 Å². The van der Waals surface area contributed by atoms with Gasteiger partial charge in [-0.3, -0.25) is 4.79 Å². The number of aryl methyl sites for hydroxylation is 1. The molecule has 0 saturated carbocycles. The van der Waals surface area contributed by atoms with Crippen molar-refractivity contribution in [1.29, 1.82) is 0 Å². The third kappa shape index (κ3) is 6.61. The number of hydrogen-bond acceptors (Lipinski definition) is 5. The molecular weight excluding hydrogens is 461 g/mol.